The van der Waals surface area contributed by atoms with Crippen LogP contribution in [0.15, 0.2) is 18.2 Å². The van der Waals surface area contributed by atoms with Crippen molar-refractivity contribution in [3.05, 3.63) is 33.8 Å². The van der Waals surface area contributed by atoms with Gasteiger partial charge < -0.3 is 5.32 Å². The largest absolute Gasteiger partial charge is 0.316 e. The molecule has 1 aliphatic carbocycles. The molecule has 1 saturated carbocycles. The zero-order valence-corrected chi connectivity index (χ0v) is 11.7. The first-order chi connectivity index (χ1) is 8.15. The molecule has 0 heterocycles. The van der Waals surface area contributed by atoms with Crippen molar-refractivity contribution >= 4 is 23.2 Å². The number of benzene rings is 1. The SMILES string of the molecule is CCNCC1(Cc2cc(Cl)ccc2Cl)CCC1. The summed E-state index contributed by atoms with van der Waals surface area (Å²) in [6.07, 6.45) is 4.97. The topological polar surface area (TPSA) is 12.0 Å². The minimum atomic E-state index is 0.407. The molecule has 1 aromatic rings. The van der Waals surface area contributed by atoms with Gasteiger partial charge in [0.2, 0.25) is 0 Å². The van der Waals surface area contributed by atoms with Crippen LogP contribution in [-0.4, -0.2) is 13.1 Å². The fraction of sp³-hybridized carbons (Fsp3) is 0.571. The summed E-state index contributed by atoms with van der Waals surface area (Å²) in [5.74, 6) is 0. The molecule has 0 bridgehead atoms. The molecule has 1 fully saturated rings. The fourth-order valence-electron chi connectivity index (χ4n) is 2.57. The molecule has 1 aliphatic rings. The highest BCUT2D eigenvalue weighted by atomic mass is 35.5. The minimum Gasteiger partial charge on any atom is -0.316 e. The second-order valence-corrected chi connectivity index (χ2v) is 5.89. The molecule has 1 nitrogen and oxygen atoms in total. The van der Waals surface area contributed by atoms with Crippen LogP contribution in [0.1, 0.15) is 31.7 Å². The van der Waals surface area contributed by atoms with Crippen molar-refractivity contribution in [1.82, 2.24) is 5.32 Å². The normalized spacial score (nSPS) is 17.8. The maximum atomic E-state index is 6.24. The number of hydrogen-bond acceptors (Lipinski definition) is 1. The van der Waals surface area contributed by atoms with E-state index in [1.165, 1.54) is 24.8 Å². The van der Waals surface area contributed by atoms with Gasteiger partial charge in [0.1, 0.15) is 0 Å². The molecule has 0 aromatic heterocycles. The fourth-order valence-corrected chi connectivity index (χ4v) is 2.94. The molecule has 3 heteroatoms. The summed E-state index contributed by atoms with van der Waals surface area (Å²) in [5, 5.41) is 5.09. The van der Waals surface area contributed by atoms with E-state index in [1.807, 2.05) is 18.2 Å². The van der Waals surface area contributed by atoms with Crippen molar-refractivity contribution in [3.63, 3.8) is 0 Å². The molecule has 1 aromatic carbocycles. The third-order valence-electron chi connectivity index (χ3n) is 3.74. The lowest BCUT2D eigenvalue weighted by atomic mass is 9.65. The van der Waals surface area contributed by atoms with Gasteiger partial charge in [0.25, 0.3) is 0 Å². The van der Waals surface area contributed by atoms with Crippen molar-refractivity contribution in [3.8, 4) is 0 Å². The summed E-state index contributed by atoms with van der Waals surface area (Å²) < 4.78 is 0. The van der Waals surface area contributed by atoms with Gasteiger partial charge in [-0.3, -0.25) is 0 Å². The first-order valence-corrected chi connectivity index (χ1v) is 7.05. The van der Waals surface area contributed by atoms with Crippen LogP contribution in [0, 0.1) is 5.41 Å². The third-order valence-corrected chi connectivity index (χ3v) is 4.34. The lowest BCUT2D eigenvalue weighted by Crippen LogP contribution is -2.41. The average Bonchev–Trinajstić information content (AvgIpc) is 2.26. The summed E-state index contributed by atoms with van der Waals surface area (Å²) >= 11 is 12.3. The van der Waals surface area contributed by atoms with Crippen LogP contribution in [0.2, 0.25) is 10.0 Å². The van der Waals surface area contributed by atoms with Gasteiger partial charge in [-0.1, -0.05) is 36.5 Å². The van der Waals surface area contributed by atoms with E-state index < -0.39 is 0 Å². The van der Waals surface area contributed by atoms with Crippen LogP contribution in [-0.2, 0) is 6.42 Å². The molecule has 0 atom stereocenters. The van der Waals surface area contributed by atoms with Crippen LogP contribution in [0.3, 0.4) is 0 Å². The summed E-state index contributed by atoms with van der Waals surface area (Å²) in [6, 6.07) is 5.76. The molecule has 2 rings (SSSR count). The molecule has 0 radical (unpaired) electrons. The van der Waals surface area contributed by atoms with Crippen LogP contribution in [0.25, 0.3) is 0 Å². The summed E-state index contributed by atoms with van der Waals surface area (Å²) in [6.45, 7) is 4.27. The Hall–Kier alpha value is -0.240. The highest BCUT2D eigenvalue weighted by molar-refractivity contribution is 6.33. The second kappa shape index (κ2) is 5.60. The van der Waals surface area contributed by atoms with E-state index in [-0.39, 0.29) is 0 Å². The molecule has 0 saturated heterocycles. The average molecular weight is 272 g/mol. The number of halogens is 2. The first-order valence-electron chi connectivity index (χ1n) is 6.30. The Morgan fingerprint density at radius 2 is 2.06 bits per heavy atom. The lowest BCUT2D eigenvalue weighted by Gasteiger charge is -2.42. The van der Waals surface area contributed by atoms with Gasteiger partial charge in [0.15, 0.2) is 0 Å². The Morgan fingerprint density at radius 3 is 2.65 bits per heavy atom. The molecule has 0 amide bonds. The number of nitrogens with one attached hydrogen (secondary N) is 1. The lowest BCUT2D eigenvalue weighted by molar-refractivity contribution is 0.131. The Bertz CT molecular complexity index is 386. The second-order valence-electron chi connectivity index (χ2n) is 5.05. The Kier molecular flexibility index (Phi) is 4.35. The van der Waals surface area contributed by atoms with E-state index in [4.69, 9.17) is 23.2 Å². The highest BCUT2D eigenvalue weighted by Crippen LogP contribution is 2.44. The van der Waals surface area contributed by atoms with E-state index in [0.717, 1.165) is 29.6 Å². The first kappa shape index (κ1) is 13.2. The zero-order valence-electron chi connectivity index (χ0n) is 10.2. The number of rotatable bonds is 5. The van der Waals surface area contributed by atoms with Crippen LogP contribution < -0.4 is 5.32 Å². The molecule has 17 heavy (non-hydrogen) atoms. The van der Waals surface area contributed by atoms with Crippen molar-refractivity contribution < 1.29 is 0 Å². The van der Waals surface area contributed by atoms with Gasteiger partial charge in [0.05, 0.1) is 0 Å². The van der Waals surface area contributed by atoms with Gasteiger partial charge in [0, 0.05) is 16.6 Å². The molecule has 94 valence electrons. The molecular formula is C14H19Cl2N. The van der Waals surface area contributed by atoms with Gasteiger partial charge in [-0.05, 0) is 55.0 Å². The minimum absolute atomic E-state index is 0.407. The van der Waals surface area contributed by atoms with E-state index in [2.05, 4.69) is 12.2 Å². The van der Waals surface area contributed by atoms with Gasteiger partial charge in [-0.15, -0.1) is 0 Å². The Labute approximate surface area is 114 Å². The van der Waals surface area contributed by atoms with Gasteiger partial charge in [-0.2, -0.15) is 0 Å². The predicted octanol–water partition coefficient (Wildman–Crippen LogP) is 4.32. The zero-order chi connectivity index (χ0) is 12.3. The molecular weight excluding hydrogens is 253 g/mol. The molecule has 0 aliphatic heterocycles. The molecule has 0 unspecified atom stereocenters. The molecule has 0 spiro atoms. The van der Waals surface area contributed by atoms with E-state index in [9.17, 15) is 0 Å². The van der Waals surface area contributed by atoms with Crippen molar-refractivity contribution in [2.75, 3.05) is 13.1 Å². The van der Waals surface area contributed by atoms with Gasteiger partial charge in [-0.25, -0.2) is 0 Å². The van der Waals surface area contributed by atoms with Crippen LogP contribution >= 0.6 is 23.2 Å². The van der Waals surface area contributed by atoms with Crippen LogP contribution in [0.5, 0.6) is 0 Å². The Balaban J connectivity index is 2.09. The van der Waals surface area contributed by atoms with E-state index in [0.29, 0.717) is 5.41 Å². The summed E-state index contributed by atoms with van der Waals surface area (Å²) in [7, 11) is 0. The van der Waals surface area contributed by atoms with Crippen molar-refractivity contribution in [2.24, 2.45) is 5.41 Å². The van der Waals surface area contributed by atoms with Gasteiger partial charge >= 0.3 is 0 Å². The number of hydrogen-bond donors (Lipinski definition) is 1. The van der Waals surface area contributed by atoms with E-state index in [1.54, 1.807) is 0 Å². The quantitative estimate of drug-likeness (QED) is 0.842. The predicted molar refractivity (Wildman–Crippen MR) is 75.0 cm³/mol. The maximum Gasteiger partial charge on any atom is 0.0439 e. The summed E-state index contributed by atoms with van der Waals surface area (Å²) in [4.78, 5) is 0. The van der Waals surface area contributed by atoms with Crippen molar-refractivity contribution in [2.45, 2.75) is 32.6 Å². The van der Waals surface area contributed by atoms with Crippen molar-refractivity contribution in [1.29, 1.82) is 0 Å². The monoisotopic (exact) mass is 271 g/mol. The standard InChI is InChI=1S/C14H19Cl2N/c1-2-17-10-14(6-3-7-14)9-11-8-12(15)4-5-13(11)16/h4-5,8,17H,2-3,6-7,9-10H2,1H3. The Morgan fingerprint density at radius 1 is 1.29 bits per heavy atom. The third kappa shape index (κ3) is 3.15. The van der Waals surface area contributed by atoms with E-state index >= 15 is 0 Å². The smallest absolute Gasteiger partial charge is 0.0439 e. The molecule has 1 N–H and O–H groups in total. The summed E-state index contributed by atoms with van der Waals surface area (Å²) in [5.41, 5.74) is 1.60. The maximum absolute atomic E-state index is 6.24. The highest BCUT2D eigenvalue weighted by Gasteiger charge is 2.36. The van der Waals surface area contributed by atoms with Crippen LogP contribution in [0.4, 0.5) is 0 Å².